The van der Waals surface area contributed by atoms with Gasteiger partial charge in [0.15, 0.2) is 11.5 Å². The predicted molar refractivity (Wildman–Crippen MR) is 82.8 cm³/mol. The number of phenolic OH excluding ortho intramolecular Hbond substituents is 1. The molecule has 6 nitrogen and oxygen atoms in total. The van der Waals surface area contributed by atoms with E-state index in [9.17, 15) is 5.11 Å². The van der Waals surface area contributed by atoms with E-state index in [1.807, 2.05) is 36.0 Å². The molecule has 3 N–H and O–H groups in total. The molecule has 0 aliphatic carbocycles. The molecule has 0 atom stereocenters. The molecule has 108 valence electrons. The summed E-state index contributed by atoms with van der Waals surface area (Å²) in [5.41, 5.74) is 1.96. The Hall–Kier alpha value is -2.76. The van der Waals surface area contributed by atoms with Gasteiger partial charge in [-0.1, -0.05) is 12.1 Å². The van der Waals surface area contributed by atoms with Crippen LogP contribution in [0, 0.1) is 0 Å². The Balaban J connectivity index is 1.72. The summed E-state index contributed by atoms with van der Waals surface area (Å²) in [4.78, 5) is 8.80. The van der Waals surface area contributed by atoms with E-state index >= 15 is 0 Å². The quantitative estimate of drug-likeness (QED) is 0.669. The second kappa shape index (κ2) is 5.70. The van der Waals surface area contributed by atoms with Gasteiger partial charge in [0.25, 0.3) is 0 Å². The maximum absolute atomic E-state index is 9.27. The van der Waals surface area contributed by atoms with E-state index in [1.54, 1.807) is 18.3 Å². The molecule has 0 saturated heterocycles. The van der Waals surface area contributed by atoms with Crippen molar-refractivity contribution < 1.29 is 5.11 Å². The van der Waals surface area contributed by atoms with Crippen LogP contribution in [0.5, 0.6) is 5.75 Å². The van der Waals surface area contributed by atoms with Crippen LogP contribution in [0.3, 0.4) is 0 Å². The Morgan fingerprint density at radius 3 is 2.81 bits per heavy atom. The van der Waals surface area contributed by atoms with Crippen molar-refractivity contribution in [2.45, 2.75) is 6.42 Å². The molecule has 3 rings (SSSR count). The summed E-state index contributed by atoms with van der Waals surface area (Å²) >= 11 is 0. The van der Waals surface area contributed by atoms with E-state index in [0.29, 0.717) is 0 Å². The van der Waals surface area contributed by atoms with E-state index in [1.165, 1.54) is 0 Å². The van der Waals surface area contributed by atoms with Crippen molar-refractivity contribution in [3.63, 3.8) is 0 Å². The first-order valence-electron chi connectivity index (χ1n) is 6.79. The van der Waals surface area contributed by atoms with E-state index in [2.05, 4.69) is 20.6 Å². The lowest BCUT2D eigenvalue weighted by molar-refractivity contribution is 0.475. The number of nitrogens with one attached hydrogen (secondary N) is 2. The molecule has 21 heavy (non-hydrogen) atoms. The fraction of sp³-hybridized carbons (Fsp3) is 0.200. The van der Waals surface area contributed by atoms with Crippen LogP contribution < -0.4 is 10.6 Å². The summed E-state index contributed by atoms with van der Waals surface area (Å²) in [7, 11) is 1.84. The van der Waals surface area contributed by atoms with Crippen LogP contribution in [0.4, 0.5) is 11.6 Å². The van der Waals surface area contributed by atoms with Gasteiger partial charge in [-0.05, 0) is 24.1 Å². The molecule has 0 bridgehead atoms. The first-order valence-corrected chi connectivity index (χ1v) is 6.79. The van der Waals surface area contributed by atoms with Gasteiger partial charge in [-0.15, -0.1) is 0 Å². The van der Waals surface area contributed by atoms with Gasteiger partial charge in [0.1, 0.15) is 11.6 Å². The van der Waals surface area contributed by atoms with Crippen LogP contribution >= 0.6 is 0 Å². The Morgan fingerprint density at radius 1 is 1.24 bits per heavy atom. The van der Waals surface area contributed by atoms with Crippen molar-refractivity contribution in [3.05, 3.63) is 48.4 Å². The lowest BCUT2D eigenvalue weighted by Gasteiger charge is -2.09. The zero-order valence-corrected chi connectivity index (χ0v) is 11.7. The predicted octanol–water partition coefficient (Wildman–Crippen LogP) is 2.13. The van der Waals surface area contributed by atoms with Gasteiger partial charge in [-0.25, -0.2) is 9.97 Å². The molecular formula is C15H17N5O. The highest BCUT2D eigenvalue weighted by atomic mass is 16.3. The minimum Gasteiger partial charge on any atom is -0.508 e. The van der Waals surface area contributed by atoms with E-state index in [-0.39, 0.29) is 5.75 Å². The first-order chi connectivity index (χ1) is 10.3. The Morgan fingerprint density at radius 2 is 2.05 bits per heavy atom. The molecule has 0 radical (unpaired) electrons. The number of hydrogen-bond donors (Lipinski definition) is 3. The second-order valence-corrected chi connectivity index (χ2v) is 4.73. The summed E-state index contributed by atoms with van der Waals surface area (Å²) < 4.78 is 1.93. The molecule has 1 aromatic carbocycles. The SMILES string of the molecule is CNc1cn2ccnc2c(NCCc2ccc(O)cc2)n1. The minimum absolute atomic E-state index is 0.286. The maximum atomic E-state index is 9.27. The van der Waals surface area contributed by atoms with Crippen LogP contribution in [-0.4, -0.2) is 33.1 Å². The standard InChI is InChI=1S/C15H17N5O/c1-16-13-10-20-9-8-18-15(20)14(19-13)17-7-6-11-2-4-12(21)5-3-11/h2-5,8-10,16,21H,6-7H2,1H3,(H,17,19). The highest BCUT2D eigenvalue weighted by Gasteiger charge is 2.06. The zero-order valence-electron chi connectivity index (χ0n) is 11.7. The van der Waals surface area contributed by atoms with Crippen molar-refractivity contribution in [1.82, 2.24) is 14.4 Å². The monoisotopic (exact) mass is 283 g/mol. The van der Waals surface area contributed by atoms with Gasteiger partial charge in [-0.2, -0.15) is 0 Å². The number of hydrogen-bond acceptors (Lipinski definition) is 5. The summed E-state index contributed by atoms with van der Waals surface area (Å²) in [6.07, 6.45) is 6.39. The van der Waals surface area contributed by atoms with Crippen molar-refractivity contribution in [2.24, 2.45) is 0 Å². The molecule has 0 aliphatic rings. The Bertz CT molecular complexity index is 735. The van der Waals surface area contributed by atoms with Gasteiger partial charge >= 0.3 is 0 Å². The number of aromatic nitrogens is 3. The third-order valence-corrected chi connectivity index (χ3v) is 3.27. The Labute approximate surface area is 122 Å². The molecule has 0 amide bonds. The lowest BCUT2D eigenvalue weighted by atomic mass is 10.1. The van der Waals surface area contributed by atoms with Crippen LogP contribution in [-0.2, 0) is 6.42 Å². The summed E-state index contributed by atoms with van der Waals surface area (Å²) in [5, 5.41) is 15.6. The Kier molecular flexibility index (Phi) is 3.59. The lowest BCUT2D eigenvalue weighted by Crippen LogP contribution is -2.09. The average molecular weight is 283 g/mol. The fourth-order valence-corrected chi connectivity index (χ4v) is 2.16. The molecule has 0 aliphatic heterocycles. The molecule has 0 spiro atoms. The van der Waals surface area contributed by atoms with Gasteiger partial charge < -0.3 is 20.1 Å². The van der Waals surface area contributed by atoms with Crippen molar-refractivity contribution in [1.29, 1.82) is 0 Å². The number of anilines is 2. The van der Waals surface area contributed by atoms with Gasteiger partial charge in [0, 0.05) is 26.0 Å². The molecule has 0 saturated carbocycles. The van der Waals surface area contributed by atoms with Gasteiger partial charge in [0.05, 0.1) is 6.20 Å². The van der Waals surface area contributed by atoms with E-state index in [4.69, 9.17) is 0 Å². The third kappa shape index (κ3) is 2.89. The van der Waals surface area contributed by atoms with Crippen LogP contribution in [0.2, 0.25) is 0 Å². The molecular weight excluding hydrogens is 266 g/mol. The molecule has 6 heteroatoms. The van der Waals surface area contributed by atoms with Crippen LogP contribution in [0.1, 0.15) is 5.56 Å². The maximum Gasteiger partial charge on any atom is 0.180 e. The molecule has 0 fully saturated rings. The molecule has 2 heterocycles. The van der Waals surface area contributed by atoms with E-state index < -0.39 is 0 Å². The largest absolute Gasteiger partial charge is 0.508 e. The van der Waals surface area contributed by atoms with Crippen molar-refractivity contribution >= 4 is 17.3 Å². The topological polar surface area (TPSA) is 74.5 Å². The summed E-state index contributed by atoms with van der Waals surface area (Å²) in [5.74, 6) is 1.83. The highest BCUT2D eigenvalue weighted by molar-refractivity contribution is 5.65. The number of benzene rings is 1. The molecule has 3 aromatic rings. The van der Waals surface area contributed by atoms with E-state index in [0.717, 1.165) is 35.8 Å². The number of fused-ring (bicyclic) bond motifs is 1. The second-order valence-electron chi connectivity index (χ2n) is 4.73. The molecule has 0 unspecified atom stereocenters. The molecule has 2 aromatic heterocycles. The van der Waals surface area contributed by atoms with Crippen molar-refractivity contribution in [3.8, 4) is 5.75 Å². The third-order valence-electron chi connectivity index (χ3n) is 3.27. The van der Waals surface area contributed by atoms with Crippen LogP contribution in [0.25, 0.3) is 5.65 Å². The number of imidazole rings is 1. The number of aromatic hydroxyl groups is 1. The minimum atomic E-state index is 0.286. The number of phenols is 1. The number of nitrogens with zero attached hydrogens (tertiary/aromatic N) is 3. The first kappa shape index (κ1) is 13.2. The summed E-state index contributed by atoms with van der Waals surface area (Å²) in [6.45, 7) is 0.744. The smallest absolute Gasteiger partial charge is 0.180 e. The van der Waals surface area contributed by atoms with Gasteiger partial charge in [-0.3, -0.25) is 0 Å². The van der Waals surface area contributed by atoms with Gasteiger partial charge in [0.2, 0.25) is 0 Å². The fourth-order valence-electron chi connectivity index (χ4n) is 2.16. The number of rotatable bonds is 5. The zero-order chi connectivity index (χ0) is 14.7. The highest BCUT2D eigenvalue weighted by Crippen LogP contribution is 2.16. The van der Waals surface area contributed by atoms with Crippen molar-refractivity contribution in [2.75, 3.05) is 24.2 Å². The normalized spacial score (nSPS) is 10.7. The van der Waals surface area contributed by atoms with Crippen LogP contribution in [0.15, 0.2) is 42.9 Å². The average Bonchev–Trinajstić information content (AvgIpc) is 2.97. The summed E-state index contributed by atoms with van der Waals surface area (Å²) in [6, 6.07) is 7.23.